The van der Waals surface area contributed by atoms with Crippen LogP contribution in [-0.2, 0) is 10.8 Å². The molecule has 0 saturated carbocycles. The van der Waals surface area contributed by atoms with E-state index in [1.54, 1.807) is 0 Å². The zero-order valence-corrected chi connectivity index (χ0v) is 20.6. The van der Waals surface area contributed by atoms with E-state index in [0.717, 1.165) is 29.5 Å². The van der Waals surface area contributed by atoms with Crippen molar-refractivity contribution in [1.82, 2.24) is 0 Å². The third-order valence-electron chi connectivity index (χ3n) is 4.82. The van der Waals surface area contributed by atoms with E-state index >= 15 is 0 Å². The predicted octanol–water partition coefficient (Wildman–Crippen LogP) is 7.44. The molecule has 4 heteroatoms. The van der Waals surface area contributed by atoms with Gasteiger partial charge in [0.2, 0.25) is 0 Å². The fourth-order valence-electron chi connectivity index (χ4n) is 2.94. The number of hydrogen-bond acceptors (Lipinski definition) is 2. The van der Waals surface area contributed by atoms with Gasteiger partial charge in [-0.05, 0) is 46.4 Å². The third-order valence-corrected chi connectivity index (χ3v) is 8.36. The predicted molar refractivity (Wildman–Crippen MR) is 133 cm³/mol. The summed E-state index contributed by atoms with van der Waals surface area (Å²) in [5, 5.41) is 5.83. The normalized spacial score (nSPS) is 13.8. The number of nitrogens with zero attached hydrogens (tertiary/aromatic N) is 2. The summed E-state index contributed by atoms with van der Waals surface area (Å²) in [4.78, 5) is 9.24. The molecule has 0 aliphatic rings. The number of rotatable bonds is 9. The zero-order valence-electron chi connectivity index (χ0n) is 18.6. The van der Waals surface area contributed by atoms with Crippen LogP contribution in [-0.4, -0.2) is 25.5 Å². The first kappa shape index (κ1) is 23.2. The lowest BCUT2D eigenvalue weighted by Crippen LogP contribution is -2.07. The molecule has 0 aliphatic heterocycles. The minimum Gasteiger partial charge on any atom is -0.292 e. The van der Waals surface area contributed by atoms with Gasteiger partial charge in [-0.1, -0.05) is 66.5 Å². The first-order valence-corrected chi connectivity index (χ1v) is 12.5. The summed E-state index contributed by atoms with van der Waals surface area (Å²) in [5.74, 6) is 0. The van der Waals surface area contributed by atoms with Gasteiger partial charge in [0.05, 0.1) is 0 Å². The van der Waals surface area contributed by atoms with Crippen LogP contribution in [0.25, 0.3) is 0 Å². The van der Waals surface area contributed by atoms with E-state index in [0.29, 0.717) is 0 Å². The van der Waals surface area contributed by atoms with Crippen LogP contribution >= 0.6 is 16.4 Å². The van der Waals surface area contributed by atoms with E-state index in [9.17, 15) is 0 Å². The second-order valence-electron chi connectivity index (χ2n) is 9.64. The highest BCUT2D eigenvalue weighted by atomic mass is 31.0. The molecule has 0 bridgehead atoms. The average Bonchev–Trinajstić information content (AvgIpc) is 3.25. The zero-order chi connectivity index (χ0) is 20.6. The summed E-state index contributed by atoms with van der Waals surface area (Å²) in [7, 11) is 1.60. The van der Waals surface area contributed by atoms with Gasteiger partial charge in [-0.15, -0.1) is 16.4 Å². The van der Waals surface area contributed by atoms with Gasteiger partial charge in [0.25, 0.3) is 0 Å². The van der Waals surface area contributed by atoms with Crippen molar-refractivity contribution in [2.24, 2.45) is 9.98 Å². The lowest BCUT2D eigenvalue weighted by Gasteiger charge is -2.16. The molecule has 0 aromatic carbocycles. The van der Waals surface area contributed by atoms with Gasteiger partial charge in [-0.3, -0.25) is 9.98 Å². The van der Waals surface area contributed by atoms with Crippen molar-refractivity contribution in [1.29, 1.82) is 0 Å². The Morgan fingerprint density at radius 2 is 1.04 bits per heavy atom. The lowest BCUT2D eigenvalue weighted by atomic mass is 9.95. The Balaban J connectivity index is 1.56. The summed E-state index contributed by atoms with van der Waals surface area (Å²) in [6, 6.07) is 9.03. The summed E-state index contributed by atoms with van der Waals surface area (Å²) < 4.78 is 0. The van der Waals surface area contributed by atoms with Crippen molar-refractivity contribution < 1.29 is 0 Å². The van der Waals surface area contributed by atoms with Crippen LogP contribution in [0.3, 0.4) is 0 Å². The Bertz CT molecular complexity index is 701. The smallest absolute Gasteiger partial charge is 0.0389 e. The highest BCUT2D eigenvalue weighted by molar-refractivity contribution is 7.33. The highest BCUT2D eigenvalue weighted by Gasteiger charge is 2.15. The maximum atomic E-state index is 4.62. The molecule has 2 unspecified atom stereocenters. The maximum Gasteiger partial charge on any atom is 0.0389 e. The van der Waals surface area contributed by atoms with Crippen LogP contribution < -0.4 is 0 Å². The molecule has 0 radical (unpaired) electrons. The van der Waals surface area contributed by atoms with Crippen LogP contribution in [0.1, 0.15) is 88.4 Å². The largest absolute Gasteiger partial charge is 0.292 e. The van der Waals surface area contributed by atoms with Gasteiger partial charge in [-0.25, -0.2) is 0 Å². The molecular formula is C24H38N2P2. The molecule has 0 fully saturated rings. The molecule has 2 rings (SSSR count). The summed E-state index contributed by atoms with van der Waals surface area (Å²) in [6.45, 7) is 15.6. The summed E-state index contributed by atoms with van der Waals surface area (Å²) in [6.07, 6.45) is 9.05. The highest BCUT2D eigenvalue weighted by Crippen LogP contribution is 2.33. The third kappa shape index (κ3) is 8.10. The molecule has 2 heterocycles. The number of unbranched alkanes of at least 4 members (excludes halogenated alkanes) is 3. The van der Waals surface area contributed by atoms with Crippen molar-refractivity contribution >= 4 is 28.8 Å². The van der Waals surface area contributed by atoms with Crippen molar-refractivity contribution in [3.05, 3.63) is 45.4 Å². The Labute approximate surface area is 175 Å². The van der Waals surface area contributed by atoms with Crippen molar-refractivity contribution in [3.8, 4) is 0 Å². The molecule has 2 nitrogen and oxygen atoms in total. The van der Waals surface area contributed by atoms with E-state index in [1.807, 2.05) is 0 Å². The minimum atomic E-state index is 0.285. The topological polar surface area (TPSA) is 24.7 Å². The van der Waals surface area contributed by atoms with Crippen molar-refractivity contribution in [3.63, 3.8) is 0 Å². The first-order chi connectivity index (χ1) is 13.2. The molecule has 154 valence electrons. The van der Waals surface area contributed by atoms with Crippen LogP contribution in [0, 0.1) is 0 Å². The fourth-order valence-corrected chi connectivity index (χ4v) is 5.29. The van der Waals surface area contributed by atoms with Gasteiger partial charge in [0, 0.05) is 36.1 Å². The molecule has 0 spiro atoms. The van der Waals surface area contributed by atoms with Gasteiger partial charge in [0.15, 0.2) is 0 Å². The standard InChI is InChI=1S/C24H38N2P2/c1-23(2,3)21-13-11-19(27-21)17-25-15-9-7-8-10-16-26-18-20-12-14-22(28-20)24(4,5)6/h11-14,17-18,27-28H,7-10,15-16H2,1-6H3. The quantitative estimate of drug-likeness (QED) is 0.300. The Morgan fingerprint density at radius 1 is 0.643 bits per heavy atom. The van der Waals surface area contributed by atoms with E-state index < -0.39 is 0 Å². The molecule has 0 N–H and O–H groups in total. The van der Waals surface area contributed by atoms with Gasteiger partial charge in [-0.2, -0.15) is 0 Å². The van der Waals surface area contributed by atoms with Crippen LogP contribution in [0.2, 0.25) is 0 Å². The summed E-state index contributed by atoms with van der Waals surface area (Å²) in [5.41, 5.74) is 0.570. The van der Waals surface area contributed by atoms with Gasteiger partial charge < -0.3 is 0 Å². The van der Waals surface area contributed by atoms with E-state index in [4.69, 9.17) is 0 Å². The number of aliphatic imine (C=N–C) groups is 2. The molecular weight excluding hydrogens is 378 g/mol. The molecule has 2 aromatic rings. The van der Waals surface area contributed by atoms with E-state index in [1.165, 1.54) is 46.9 Å². The number of hydrogen-bond donors (Lipinski definition) is 0. The van der Waals surface area contributed by atoms with Crippen LogP contribution in [0.5, 0.6) is 0 Å². The van der Waals surface area contributed by atoms with Crippen molar-refractivity contribution in [2.75, 3.05) is 13.1 Å². The first-order valence-electron chi connectivity index (χ1n) is 10.5. The maximum absolute atomic E-state index is 4.62. The van der Waals surface area contributed by atoms with Crippen molar-refractivity contribution in [2.45, 2.75) is 78.1 Å². The summed E-state index contributed by atoms with van der Waals surface area (Å²) >= 11 is 0. The molecule has 0 saturated heterocycles. The van der Waals surface area contributed by atoms with Gasteiger partial charge >= 0.3 is 0 Å². The fraction of sp³-hybridized carbons (Fsp3) is 0.583. The molecule has 0 aliphatic carbocycles. The second kappa shape index (κ2) is 10.6. The molecule has 2 aromatic heterocycles. The lowest BCUT2D eigenvalue weighted by molar-refractivity contribution is 0.604. The van der Waals surface area contributed by atoms with Gasteiger partial charge in [0.1, 0.15) is 0 Å². The molecule has 28 heavy (non-hydrogen) atoms. The monoisotopic (exact) mass is 416 g/mol. The Kier molecular flexibility index (Phi) is 8.79. The SMILES string of the molecule is CC(C)(C)c1ccc(C=NCCCCCCN=Cc2ccc(C(C)(C)C)[pH]2)[pH]1. The van der Waals surface area contributed by atoms with Crippen LogP contribution in [0.4, 0.5) is 0 Å². The van der Waals surface area contributed by atoms with Crippen LogP contribution in [0.15, 0.2) is 34.3 Å². The second-order valence-corrected chi connectivity index (χ2v) is 12.4. The van der Waals surface area contributed by atoms with E-state index in [2.05, 4.69) is 88.2 Å². The Morgan fingerprint density at radius 3 is 1.36 bits per heavy atom. The van der Waals surface area contributed by atoms with E-state index in [-0.39, 0.29) is 10.8 Å². The Hall–Kier alpha value is -1.10. The molecule has 2 atom stereocenters. The average molecular weight is 417 g/mol. The molecule has 0 amide bonds. The minimum absolute atomic E-state index is 0.285.